The first-order chi connectivity index (χ1) is 6.94. The van der Waals surface area contributed by atoms with Crippen molar-refractivity contribution in [1.82, 2.24) is 4.90 Å². The minimum Gasteiger partial charge on any atom is -0.297 e. The number of hydrogen-bond acceptors (Lipinski definition) is 2. The Kier molecular flexibility index (Phi) is 6.11. The second-order valence-corrected chi connectivity index (χ2v) is 4.75. The Morgan fingerprint density at radius 1 is 1.13 bits per heavy atom. The normalized spacial score (nSPS) is 14.3. The molecule has 2 nitrogen and oxygen atoms in total. The van der Waals surface area contributed by atoms with E-state index in [4.69, 9.17) is 0 Å². The van der Waals surface area contributed by atoms with Crippen molar-refractivity contribution >= 4 is 5.78 Å². The largest absolute Gasteiger partial charge is 0.297 e. The first-order valence-electron chi connectivity index (χ1n) is 6.22. The van der Waals surface area contributed by atoms with Gasteiger partial charge in [-0.1, -0.05) is 41.5 Å². The third-order valence-electron chi connectivity index (χ3n) is 3.49. The lowest BCUT2D eigenvalue weighted by Gasteiger charge is -2.33. The lowest BCUT2D eigenvalue weighted by molar-refractivity contribution is -0.132. The van der Waals surface area contributed by atoms with Crippen LogP contribution in [0.2, 0.25) is 0 Å². The first-order valence-corrected chi connectivity index (χ1v) is 6.22. The lowest BCUT2D eigenvalue weighted by atomic mass is 9.80. The van der Waals surface area contributed by atoms with Gasteiger partial charge in [0.2, 0.25) is 0 Å². The van der Waals surface area contributed by atoms with Crippen LogP contribution in [0.1, 0.15) is 54.4 Å². The molecule has 0 rings (SSSR count). The van der Waals surface area contributed by atoms with E-state index in [1.165, 1.54) is 0 Å². The van der Waals surface area contributed by atoms with E-state index in [0.717, 1.165) is 25.9 Å². The Labute approximate surface area is 95.0 Å². The van der Waals surface area contributed by atoms with Gasteiger partial charge in [0.25, 0.3) is 0 Å². The highest BCUT2D eigenvalue weighted by Gasteiger charge is 2.33. The summed E-state index contributed by atoms with van der Waals surface area (Å²) in [7, 11) is 0. The van der Waals surface area contributed by atoms with Crippen molar-refractivity contribution < 1.29 is 4.79 Å². The number of carbonyl (C=O) groups excluding carboxylic acids is 1. The van der Waals surface area contributed by atoms with E-state index in [1.54, 1.807) is 0 Å². The molecule has 0 N–H and O–H groups in total. The summed E-state index contributed by atoms with van der Waals surface area (Å²) in [6.45, 7) is 14.5. The van der Waals surface area contributed by atoms with Gasteiger partial charge in [-0.3, -0.25) is 9.69 Å². The Balaban J connectivity index is 4.74. The number of rotatable bonds is 7. The maximum atomic E-state index is 12.3. The van der Waals surface area contributed by atoms with Gasteiger partial charge < -0.3 is 0 Å². The quantitative estimate of drug-likeness (QED) is 0.647. The summed E-state index contributed by atoms with van der Waals surface area (Å²) in [5.74, 6) is 0.399. The van der Waals surface area contributed by atoms with E-state index in [9.17, 15) is 4.79 Å². The summed E-state index contributed by atoms with van der Waals surface area (Å²) in [4.78, 5) is 14.6. The summed E-state index contributed by atoms with van der Waals surface area (Å²) in [5, 5.41) is 0. The van der Waals surface area contributed by atoms with Crippen LogP contribution in [-0.4, -0.2) is 29.8 Å². The molecule has 0 fully saturated rings. The minimum atomic E-state index is -0.177. The molecular weight excluding hydrogens is 186 g/mol. The van der Waals surface area contributed by atoms with Crippen LogP contribution in [0, 0.1) is 5.41 Å². The van der Waals surface area contributed by atoms with Crippen molar-refractivity contribution in [2.45, 2.75) is 60.4 Å². The predicted molar refractivity (Wildman–Crippen MR) is 66.1 cm³/mol. The average molecular weight is 213 g/mol. The highest BCUT2D eigenvalue weighted by atomic mass is 16.1. The standard InChI is InChI=1S/C13H27NO/c1-7-11(14(9-3)10-4)12(15)13(5,6)8-2/h11H,7-10H2,1-6H3/t11-/m0/s1. The fourth-order valence-corrected chi connectivity index (χ4v) is 1.90. The highest BCUT2D eigenvalue weighted by Crippen LogP contribution is 2.25. The predicted octanol–water partition coefficient (Wildman–Crippen LogP) is 3.11. The van der Waals surface area contributed by atoms with Gasteiger partial charge >= 0.3 is 0 Å². The fraction of sp³-hybridized carbons (Fsp3) is 0.923. The molecule has 0 unspecified atom stereocenters. The van der Waals surface area contributed by atoms with E-state index in [-0.39, 0.29) is 11.5 Å². The molecule has 0 radical (unpaired) electrons. The van der Waals surface area contributed by atoms with Crippen LogP contribution in [0.5, 0.6) is 0 Å². The van der Waals surface area contributed by atoms with E-state index in [2.05, 4.69) is 46.4 Å². The Bertz CT molecular complexity index is 195. The van der Waals surface area contributed by atoms with Gasteiger partial charge in [-0.25, -0.2) is 0 Å². The third-order valence-corrected chi connectivity index (χ3v) is 3.49. The fourth-order valence-electron chi connectivity index (χ4n) is 1.90. The third kappa shape index (κ3) is 3.60. The van der Waals surface area contributed by atoms with Gasteiger partial charge in [-0.05, 0) is 25.9 Å². The summed E-state index contributed by atoms with van der Waals surface area (Å²) < 4.78 is 0. The molecule has 0 saturated heterocycles. The van der Waals surface area contributed by atoms with Crippen LogP contribution in [0.25, 0.3) is 0 Å². The number of Topliss-reactive ketones (excluding diaryl/α,β-unsaturated/α-hetero) is 1. The summed E-state index contributed by atoms with van der Waals surface area (Å²) in [6.07, 6.45) is 1.84. The molecule has 0 aliphatic rings. The number of likely N-dealkylation sites (N-methyl/N-ethyl adjacent to an activating group) is 1. The zero-order valence-electron chi connectivity index (χ0n) is 11.3. The molecule has 0 aliphatic heterocycles. The van der Waals surface area contributed by atoms with Crippen molar-refractivity contribution in [1.29, 1.82) is 0 Å². The van der Waals surface area contributed by atoms with E-state index >= 15 is 0 Å². The minimum absolute atomic E-state index is 0.106. The van der Waals surface area contributed by atoms with Crippen LogP contribution in [0.15, 0.2) is 0 Å². The van der Waals surface area contributed by atoms with Crippen molar-refractivity contribution in [3.63, 3.8) is 0 Å². The van der Waals surface area contributed by atoms with Gasteiger partial charge in [0, 0.05) is 5.41 Å². The summed E-state index contributed by atoms with van der Waals surface area (Å²) in [5.41, 5.74) is -0.177. The van der Waals surface area contributed by atoms with E-state index in [1.807, 2.05) is 0 Å². The maximum Gasteiger partial charge on any atom is 0.155 e. The van der Waals surface area contributed by atoms with Gasteiger partial charge in [0.05, 0.1) is 6.04 Å². The second kappa shape index (κ2) is 6.26. The van der Waals surface area contributed by atoms with Crippen LogP contribution in [-0.2, 0) is 4.79 Å². The molecular formula is C13H27NO. The zero-order valence-corrected chi connectivity index (χ0v) is 11.3. The molecule has 0 aromatic carbocycles. The molecule has 0 aromatic heterocycles. The van der Waals surface area contributed by atoms with Gasteiger partial charge in [0.15, 0.2) is 5.78 Å². The average Bonchev–Trinajstić information content (AvgIpc) is 2.24. The van der Waals surface area contributed by atoms with Crippen LogP contribution in [0.4, 0.5) is 0 Å². The Morgan fingerprint density at radius 2 is 1.60 bits per heavy atom. The molecule has 90 valence electrons. The van der Waals surface area contributed by atoms with Crippen molar-refractivity contribution in [2.24, 2.45) is 5.41 Å². The maximum absolute atomic E-state index is 12.3. The Hall–Kier alpha value is -0.370. The van der Waals surface area contributed by atoms with Gasteiger partial charge in [0.1, 0.15) is 0 Å². The second-order valence-electron chi connectivity index (χ2n) is 4.75. The number of hydrogen-bond donors (Lipinski definition) is 0. The molecule has 1 atom stereocenters. The number of carbonyl (C=O) groups is 1. The van der Waals surface area contributed by atoms with E-state index in [0.29, 0.717) is 5.78 Å². The molecule has 0 saturated carbocycles. The summed E-state index contributed by atoms with van der Waals surface area (Å²) in [6, 6.07) is 0.106. The van der Waals surface area contributed by atoms with E-state index < -0.39 is 0 Å². The molecule has 0 amide bonds. The van der Waals surface area contributed by atoms with Crippen molar-refractivity contribution in [3.8, 4) is 0 Å². The molecule has 0 aliphatic carbocycles. The van der Waals surface area contributed by atoms with Crippen LogP contribution >= 0.6 is 0 Å². The topological polar surface area (TPSA) is 20.3 Å². The monoisotopic (exact) mass is 213 g/mol. The molecule has 15 heavy (non-hydrogen) atoms. The van der Waals surface area contributed by atoms with Gasteiger partial charge in [-0.15, -0.1) is 0 Å². The zero-order chi connectivity index (χ0) is 12.1. The van der Waals surface area contributed by atoms with Crippen LogP contribution < -0.4 is 0 Å². The Morgan fingerprint density at radius 3 is 1.87 bits per heavy atom. The SMILES string of the molecule is CC[C@@H](C(=O)C(C)(C)CC)N(CC)CC. The molecule has 0 spiro atoms. The molecule has 0 aromatic rings. The smallest absolute Gasteiger partial charge is 0.155 e. The number of nitrogens with zero attached hydrogens (tertiary/aromatic N) is 1. The lowest BCUT2D eigenvalue weighted by Crippen LogP contribution is -2.46. The van der Waals surface area contributed by atoms with Gasteiger partial charge in [-0.2, -0.15) is 0 Å². The summed E-state index contributed by atoms with van der Waals surface area (Å²) >= 11 is 0. The van der Waals surface area contributed by atoms with Crippen LogP contribution in [0.3, 0.4) is 0 Å². The number of ketones is 1. The highest BCUT2D eigenvalue weighted by molar-refractivity contribution is 5.88. The molecule has 0 bridgehead atoms. The molecule has 2 heteroatoms. The first kappa shape index (κ1) is 14.6. The van der Waals surface area contributed by atoms with Crippen molar-refractivity contribution in [2.75, 3.05) is 13.1 Å². The van der Waals surface area contributed by atoms with Crippen molar-refractivity contribution in [3.05, 3.63) is 0 Å². The molecule has 0 heterocycles.